The van der Waals surface area contributed by atoms with Gasteiger partial charge in [0.15, 0.2) is 46.5 Å². The second-order valence-electron chi connectivity index (χ2n) is 22.3. The van der Waals surface area contributed by atoms with Gasteiger partial charge in [-0.1, -0.05) is 165 Å². The van der Waals surface area contributed by atoms with Gasteiger partial charge in [-0.2, -0.15) is 0 Å². The zero-order chi connectivity index (χ0) is 63.0. The summed E-state index contributed by atoms with van der Waals surface area (Å²) < 4.78 is 177. The molecular weight excluding hydrogens is 1170 g/mol. The molecule has 0 N–H and O–H groups in total. The fourth-order valence-corrected chi connectivity index (χ4v) is 13.5. The lowest BCUT2D eigenvalue weighted by atomic mass is 9.65. The molecule has 0 bridgehead atoms. The van der Waals surface area contributed by atoms with Crippen molar-refractivity contribution in [3.8, 4) is 45.3 Å². The fourth-order valence-electron chi connectivity index (χ4n) is 13.5. The number of allylic oxidation sites excluding steroid dienone is 4. The predicted octanol–water partition coefficient (Wildman–Crippen LogP) is 21.9. The minimum atomic E-state index is -2.35. The second-order valence-corrected chi connectivity index (χ2v) is 22.3. The van der Waals surface area contributed by atoms with Crippen molar-refractivity contribution in [1.29, 1.82) is 0 Å². The van der Waals surface area contributed by atoms with Crippen LogP contribution in [0.25, 0.3) is 40.0 Å². The second kappa shape index (κ2) is 22.6. The molecule has 0 saturated carbocycles. The normalized spacial score (nSPS) is 16.0. The van der Waals surface area contributed by atoms with E-state index in [0.717, 1.165) is 22.3 Å². The minimum Gasteiger partial charge on any atom is -0.457 e. The highest BCUT2D eigenvalue weighted by molar-refractivity contribution is 5.94. The summed E-state index contributed by atoms with van der Waals surface area (Å²) >= 11 is 0. The Balaban J connectivity index is 1.02. The molecule has 91 heavy (non-hydrogen) atoms. The monoisotopic (exact) mass is 1220 g/mol. The molecular formula is C78H47F10NO2. The molecule has 11 aromatic rings. The van der Waals surface area contributed by atoms with Crippen LogP contribution in [-0.2, 0) is 10.8 Å². The van der Waals surface area contributed by atoms with Crippen LogP contribution in [0.3, 0.4) is 0 Å². The molecule has 0 aliphatic heterocycles. The van der Waals surface area contributed by atoms with Crippen LogP contribution in [0.5, 0.6) is 23.0 Å². The van der Waals surface area contributed by atoms with Crippen molar-refractivity contribution in [2.75, 3.05) is 4.90 Å². The first-order valence-electron chi connectivity index (χ1n) is 29.0. The highest BCUT2D eigenvalue weighted by Crippen LogP contribution is 2.62. The van der Waals surface area contributed by atoms with Crippen LogP contribution in [0, 0.1) is 58.2 Å². The van der Waals surface area contributed by atoms with Gasteiger partial charge < -0.3 is 14.4 Å². The molecule has 0 spiro atoms. The molecule has 0 radical (unpaired) electrons. The van der Waals surface area contributed by atoms with Crippen molar-refractivity contribution in [3.05, 3.63) is 357 Å². The minimum absolute atomic E-state index is 0.0871. The summed E-state index contributed by atoms with van der Waals surface area (Å²) in [7, 11) is 0. The van der Waals surface area contributed by atoms with Crippen LogP contribution in [0.1, 0.15) is 68.5 Å². The molecule has 0 heterocycles. The molecule has 446 valence electrons. The number of fused-ring (bicyclic) bond motifs is 5. The van der Waals surface area contributed by atoms with Gasteiger partial charge in [-0.15, -0.1) is 0 Å². The first kappa shape index (κ1) is 57.8. The van der Waals surface area contributed by atoms with Gasteiger partial charge in [-0.3, -0.25) is 0 Å². The average molecular weight is 1220 g/mol. The quantitative estimate of drug-likeness (QED) is 0.0615. The van der Waals surface area contributed by atoms with E-state index in [4.69, 9.17) is 9.47 Å². The number of nitrogens with zero attached hydrogens (tertiary/aromatic N) is 1. The van der Waals surface area contributed by atoms with Gasteiger partial charge in [0.2, 0.25) is 11.6 Å². The van der Waals surface area contributed by atoms with Crippen LogP contribution in [-0.4, -0.2) is 0 Å². The zero-order valence-corrected chi connectivity index (χ0v) is 47.9. The largest absolute Gasteiger partial charge is 0.457 e. The van der Waals surface area contributed by atoms with E-state index in [-0.39, 0.29) is 57.1 Å². The summed E-state index contributed by atoms with van der Waals surface area (Å²) in [6.45, 7) is 7.59. The summed E-state index contributed by atoms with van der Waals surface area (Å²) in [6.07, 6.45) is 7.41. The Morgan fingerprint density at radius 1 is 0.363 bits per heavy atom. The van der Waals surface area contributed by atoms with Gasteiger partial charge in [0.25, 0.3) is 0 Å². The summed E-state index contributed by atoms with van der Waals surface area (Å²) in [5, 5.41) is 0. The van der Waals surface area contributed by atoms with Crippen molar-refractivity contribution >= 4 is 34.8 Å². The highest BCUT2D eigenvalue weighted by Gasteiger charge is 2.54. The molecule has 3 aliphatic carbocycles. The Morgan fingerprint density at radius 2 is 0.758 bits per heavy atom. The molecule has 14 rings (SSSR count). The smallest absolute Gasteiger partial charge is 0.200 e. The Labute approximate surface area is 516 Å². The average Bonchev–Trinajstić information content (AvgIpc) is 1.58. The number of anilines is 3. The van der Waals surface area contributed by atoms with Crippen LogP contribution in [0.2, 0.25) is 0 Å². The van der Waals surface area contributed by atoms with Gasteiger partial charge >= 0.3 is 0 Å². The van der Waals surface area contributed by atoms with E-state index in [1.165, 1.54) is 36.4 Å². The molecule has 3 aliphatic rings. The first-order chi connectivity index (χ1) is 44.2. The van der Waals surface area contributed by atoms with Crippen molar-refractivity contribution in [2.24, 2.45) is 0 Å². The third-order valence-corrected chi connectivity index (χ3v) is 17.5. The Kier molecular flexibility index (Phi) is 14.4. The maximum Gasteiger partial charge on any atom is 0.200 e. The molecule has 13 heteroatoms. The lowest BCUT2D eigenvalue weighted by Crippen LogP contribution is -2.34. The summed E-state index contributed by atoms with van der Waals surface area (Å²) in [6, 6.07) is 59.6. The highest BCUT2D eigenvalue weighted by atomic mass is 19.2. The topological polar surface area (TPSA) is 21.7 Å². The van der Waals surface area contributed by atoms with Gasteiger partial charge in [-0.25, -0.2) is 43.9 Å². The Hall–Kier alpha value is -10.9. The molecule has 11 aromatic carbocycles. The van der Waals surface area contributed by atoms with E-state index < -0.39 is 80.1 Å². The first-order valence-corrected chi connectivity index (χ1v) is 29.0. The number of hydrogen-bond acceptors (Lipinski definition) is 3. The van der Waals surface area contributed by atoms with Crippen molar-refractivity contribution in [3.63, 3.8) is 0 Å². The number of benzene rings is 11. The van der Waals surface area contributed by atoms with Crippen molar-refractivity contribution in [2.45, 2.75) is 23.7 Å². The van der Waals surface area contributed by atoms with E-state index in [1.807, 2.05) is 48.5 Å². The van der Waals surface area contributed by atoms with Crippen LogP contribution >= 0.6 is 0 Å². The maximum atomic E-state index is 17.4. The SMILES string of the molecule is C=Cc1ccc(Oc2ccc(C3(c4c(F)c(F)c(F)c(F)c4F)C4=C(C=CCC4)c4ccc(N(c5ccc(-c6ccccc6)cc5)c5ccc6c(c5)C(c5ccc(Oc7ccc(C=C)cc7)cc5)(c5c(F)c(F)c(F)c(F)c5F)c5ccccc5-6)cc43)cc2)cc1. The summed E-state index contributed by atoms with van der Waals surface area (Å²) in [5.74, 6) is -20.1. The maximum absolute atomic E-state index is 17.4. The number of rotatable bonds is 14. The van der Waals surface area contributed by atoms with Gasteiger partial charge in [0.05, 0.1) is 10.8 Å². The third kappa shape index (κ3) is 9.11. The molecule has 2 unspecified atom stereocenters. The van der Waals surface area contributed by atoms with E-state index in [0.29, 0.717) is 51.4 Å². The summed E-state index contributed by atoms with van der Waals surface area (Å²) in [4.78, 5) is 1.74. The molecule has 0 amide bonds. The van der Waals surface area contributed by atoms with Gasteiger partial charge in [0.1, 0.15) is 23.0 Å². The molecule has 0 saturated heterocycles. The number of halogens is 10. The van der Waals surface area contributed by atoms with E-state index >= 15 is 43.9 Å². The van der Waals surface area contributed by atoms with Crippen LogP contribution in [0.15, 0.2) is 243 Å². The van der Waals surface area contributed by atoms with Gasteiger partial charge in [0, 0.05) is 28.2 Å². The van der Waals surface area contributed by atoms with Crippen LogP contribution in [0.4, 0.5) is 61.0 Å². The van der Waals surface area contributed by atoms with Crippen molar-refractivity contribution < 1.29 is 53.4 Å². The third-order valence-electron chi connectivity index (χ3n) is 17.5. The predicted molar refractivity (Wildman–Crippen MR) is 335 cm³/mol. The fraction of sp³-hybridized carbons (Fsp3) is 0.0513. The zero-order valence-electron chi connectivity index (χ0n) is 47.9. The van der Waals surface area contributed by atoms with E-state index in [1.54, 1.807) is 157 Å². The van der Waals surface area contributed by atoms with E-state index in [9.17, 15) is 0 Å². The van der Waals surface area contributed by atoms with E-state index in [2.05, 4.69) is 13.2 Å². The lowest BCUT2D eigenvalue weighted by Gasteiger charge is -2.37. The molecule has 0 aromatic heterocycles. The molecule has 2 atom stereocenters. The number of hydrogen-bond donors (Lipinski definition) is 0. The lowest BCUT2D eigenvalue weighted by molar-refractivity contribution is 0.362. The standard InChI is InChI=1S/C78H47F10NO2/c1-3-44-18-32-53(33-19-44)90-55-36-24-48(25-37-55)77(65-67(79)71(83)75(87)72(84)68(65)80)61-16-10-8-14-57(61)59-40-30-51(42-63(59)77)89(50-28-22-47(23-29-50)46-12-6-5-7-13-46)52-31-41-60-58-15-9-11-17-62(58)78(64(60)43-52,66-69(81)73(85)76(88)74(86)70(66)82)49-26-38-56(39-27-49)91-54-34-20-45(4-2)21-35-54/h3-10,12-16,18-43H,1-2,11,17H2. The summed E-state index contributed by atoms with van der Waals surface area (Å²) in [5.41, 5.74) is 0.0944. The number of ether oxygens (including phenoxy) is 2. The van der Waals surface area contributed by atoms with Crippen LogP contribution < -0.4 is 14.4 Å². The Bertz CT molecular complexity index is 4780. The van der Waals surface area contributed by atoms with Crippen molar-refractivity contribution in [1.82, 2.24) is 0 Å². The van der Waals surface area contributed by atoms with Gasteiger partial charge in [-0.05, 0) is 176 Å². The molecule has 3 nitrogen and oxygen atoms in total. The Morgan fingerprint density at radius 3 is 1.26 bits per heavy atom. The molecule has 0 fully saturated rings.